The van der Waals surface area contributed by atoms with Crippen LogP contribution in [0.1, 0.15) is 75.9 Å². The minimum Gasteiger partial charge on any atom is -0.383 e. The summed E-state index contributed by atoms with van der Waals surface area (Å²) >= 11 is 0. The quantitative estimate of drug-likeness (QED) is 0.911. The Bertz CT molecular complexity index is 436. The number of hydrogen-bond donors (Lipinski definition) is 1. The highest BCUT2D eigenvalue weighted by Crippen LogP contribution is 2.40. The van der Waals surface area contributed by atoms with Gasteiger partial charge in [-0.05, 0) is 32.6 Å². The molecule has 0 amide bonds. The van der Waals surface area contributed by atoms with Crippen molar-refractivity contribution in [3.8, 4) is 0 Å². The van der Waals surface area contributed by atoms with E-state index in [4.69, 9.17) is 15.5 Å². The standard InChI is InChI=1S/C16H27N3O/c1-5-20-16(9-7-6-8-10-16)15-18-12(4)13(11(2)3)14(17)19-15/h11H,5-10H2,1-4H3,(H2,17,18,19). The number of nitrogen functional groups attached to an aromatic ring is 1. The van der Waals surface area contributed by atoms with Crippen molar-refractivity contribution in [3.05, 3.63) is 17.1 Å². The maximum Gasteiger partial charge on any atom is 0.162 e. The van der Waals surface area contributed by atoms with Crippen molar-refractivity contribution in [1.29, 1.82) is 0 Å². The second-order valence-corrected chi connectivity index (χ2v) is 6.07. The number of rotatable bonds is 4. The summed E-state index contributed by atoms with van der Waals surface area (Å²) in [5.74, 6) is 1.75. The maximum atomic E-state index is 6.18. The molecule has 1 heterocycles. The molecule has 1 saturated carbocycles. The second kappa shape index (κ2) is 6.08. The van der Waals surface area contributed by atoms with E-state index in [2.05, 4.69) is 18.8 Å². The Morgan fingerprint density at radius 3 is 2.35 bits per heavy atom. The van der Waals surface area contributed by atoms with Crippen LogP contribution in [0, 0.1) is 6.92 Å². The molecule has 4 nitrogen and oxygen atoms in total. The van der Waals surface area contributed by atoms with Crippen LogP contribution in [-0.2, 0) is 10.3 Å². The van der Waals surface area contributed by atoms with Gasteiger partial charge in [0.15, 0.2) is 5.82 Å². The van der Waals surface area contributed by atoms with Crippen LogP contribution in [0.15, 0.2) is 0 Å². The minimum atomic E-state index is -0.318. The third-order valence-electron chi connectivity index (χ3n) is 4.23. The first-order valence-electron chi connectivity index (χ1n) is 7.78. The van der Waals surface area contributed by atoms with Gasteiger partial charge in [-0.2, -0.15) is 0 Å². The van der Waals surface area contributed by atoms with Gasteiger partial charge in [0, 0.05) is 17.9 Å². The zero-order valence-corrected chi connectivity index (χ0v) is 13.2. The van der Waals surface area contributed by atoms with Crippen LogP contribution < -0.4 is 5.73 Å². The third-order valence-corrected chi connectivity index (χ3v) is 4.23. The summed E-state index contributed by atoms with van der Waals surface area (Å²) in [5.41, 5.74) is 7.92. The van der Waals surface area contributed by atoms with Gasteiger partial charge in [-0.15, -0.1) is 0 Å². The van der Waals surface area contributed by atoms with Crippen LogP contribution in [-0.4, -0.2) is 16.6 Å². The van der Waals surface area contributed by atoms with E-state index in [1.54, 1.807) is 0 Å². The van der Waals surface area contributed by atoms with Gasteiger partial charge in [0.05, 0.1) is 0 Å². The highest BCUT2D eigenvalue weighted by Gasteiger charge is 2.38. The Morgan fingerprint density at radius 1 is 1.20 bits per heavy atom. The molecule has 0 bridgehead atoms. The van der Waals surface area contributed by atoms with Gasteiger partial charge in [0.1, 0.15) is 11.4 Å². The Morgan fingerprint density at radius 2 is 1.85 bits per heavy atom. The molecule has 1 aliphatic carbocycles. The van der Waals surface area contributed by atoms with E-state index in [0.717, 1.165) is 29.9 Å². The van der Waals surface area contributed by atoms with Crippen molar-refractivity contribution in [2.75, 3.05) is 12.3 Å². The Hall–Kier alpha value is -1.16. The van der Waals surface area contributed by atoms with Crippen molar-refractivity contribution < 1.29 is 4.74 Å². The molecule has 4 heteroatoms. The van der Waals surface area contributed by atoms with Crippen molar-refractivity contribution >= 4 is 5.82 Å². The van der Waals surface area contributed by atoms with Gasteiger partial charge in [-0.25, -0.2) is 9.97 Å². The monoisotopic (exact) mass is 277 g/mol. The van der Waals surface area contributed by atoms with E-state index in [9.17, 15) is 0 Å². The molecule has 1 aliphatic rings. The van der Waals surface area contributed by atoms with Crippen LogP contribution in [0.5, 0.6) is 0 Å². The van der Waals surface area contributed by atoms with Gasteiger partial charge in [0.2, 0.25) is 0 Å². The molecule has 0 aromatic carbocycles. The van der Waals surface area contributed by atoms with Gasteiger partial charge in [0.25, 0.3) is 0 Å². The van der Waals surface area contributed by atoms with Crippen LogP contribution in [0.3, 0.4) is 0 Å². The minimum absolute atomic E-state index is 0.318. The Kier molecular flexibility index (Phi) is 4.63. The summed E-state index contributed by atoms with van der Waals surface area (Å²) < 4.78 is 6.09. The number of ether oxygens (including phenoxy) is 1. The summed E-state index contributed by atoms with van der Waals surface area (Å²) in [6, 6.07) is 0. The first kappa shape index (κ1) is 15.2. The fraction of sp³-hybridized carbons (Fsp3) is 0.750. The number of nitrogens with zero attached hydrogens (tertiary/aromatic N) is 2. The van der Waals surface area contributed by atoms with Crippen LogP contribution in [0.2, 0.25) is 0 Å². The molecule has 0 aliphatic heterocycles. The summed E-state index contributed by atoms with van der Waals surface area (Å²) in [7, 11) is 0. The average Bonchev–Trinajstić information content (AvgIpc) is 2.38. The number of aromatic nitrogens is 2. The smallest absolute Gasteiger partial charge is 0.162 e. The van der Waals surface area contributed by atoms with E-state index < -0.39 is 0 Å². The number of aryl methyl sites for hydroxylation is 1. The topological polar surface area (TPSA) is 61.0 Å². The fourth-order valence-corrected chi connectivity index (χ4v) is 3.35. The molecule has 112 valence electrons. The summed E-state index contributed by atoms with van der Waals surface area (Å²) in [4.78, 5) is 9.36. The molecule has 0 saturated heterocycles. The SMILES string of the molecule is CCOC1(c2nc(C)c(C(C)C)c(N)n2)CCCCC1. The first-order valence-corrected chi connectivity index (χ1v) is 7.78. The van der Waals surface area contributed by atoms with Crippen molar-refractivity contribution in [2.24, 2.45) is 0 Å². The largest absolute Gasteiger partial charge is 0.383 e. The van der Waals surface area contributed by atoms with Gasteiger partial charge in [-0.3, -0.25) is 0 Å². The molecule has 1 aromatic rings. The highest BCUT2D eigenvalue weighted by atomic mass is 16.5. The Labute approximate surface area is 122 Å². The van der Waals surface area contributed by atoms with E-state index in [1.807, 2.05) is 13.8 Å². The van der Waals surface area contributed by atoms with Crippen LogP contribution in [0.25, 0.3) is 0 Å². The first-order chi connectivity index (χ1) is 9.50. The third kappa shape index (κ3) is 2.80. The molecule has 0 atom stereocenters. The predicted molar refractivity (Wildman–Crippen MR) is 81.7 cm³/mol. The van der Waals surface area contributed by atoms with Crippen LogP contribution >= 0.6 is 0 Å². The summed E-state index contributed by atoms with van der Waals surface area (Å²) in [5, 5.41) is 0. The molecule has 0 unspecified atom stereocenters. The maximum absolute atomic E-state index is 6.18. The summed E-state index contributed by atoms with van der Waals surface area (Å²) in [6.07, 6.45) is 5.62. The number of hydrogen-bond acceptors (Lipinski definition) is 4. The van der Waals surface area contributed by atoms with Gasteiger partial charge in [-0.1, -0.05) is 33.1 Å². The number of nitrogens with two attached hydrogens (primary N) is 1. The zero-order valence-electron chi connectivity index (χ0n) is 13.2. The van der Waals surface area contributed by atoms with Crippen molar-refractivity contribution in [2.45, 2.75) is 71.3 Å². The molecule has 0 spiro atoms. The number of anilines is 1. The fourth-order valence-electron chi connectivity index (χ4n) is 3.35. The molecule has 2 N–H and O–H groups in total. The van der Waals surface area contributed by atoms with E-state index >= 15 is 0 Å². The molecule has 20 heavy (non-hydrogen) atoms. The van der Waals surface area contributed by atoms with Crippen molar-refractivity contribution in [3.63, 3.8) is 0 Å². The van der Waals surface area contributed by atoms with E-state index in [-0.39, 0.29) is 5.60 Å². The molecule has 2 rings (SSSR count). The lowest BCUT2D eigenvalue weighted by Crippen LogP contribution is -2.35. The normalized spacial score (nSPS) is 18.4. The zero-order chi connectivity index (χ0) is 14.8. The van der Waals surface area contributed by atoms with E-state index in [1.165, 1.54) is 19.3 Å². The second-order valence-electron chi connectivity index (χ2n) is 6.07. The predicted octanol–water partition coefficient (Wildman–Crippen LogP) is 3.69. The average molecular weight is 277 g/mol. The van der Waals surface area contributed by atoms with E-state index in [0.29, 0.717) is 18.3 Å². The highest BCUT2D eigenvalue weighted by molar-refractivity contribution is 5.44. The lowest BCUT2D eigenvalue weighted by atomic mass is 9.83. The lowest BCUT2D eigenvalue weighted by Gasteiger charge is -2.36. The molecule has 1 aromatic heterocycles. The molecular formula is C16H27N3O. The Balaban J connectivity index is 2.44. The van der Waals surface area contributed by atoms with Crippen LogP contribution in [0.4, 0.5) is 5.82 Å². The molecule has 0 radical (unpaired) electrons. The van der Waals surface area contributed by atoms with Gasteiger partial charge < -0.3 is 10.5 Å². The molecular weight excluding hydrogens is 250 g/mol. The van der Waals surface area contributed by atoms with Crippen molar-refractivity contribution in [1.82, 2.24) is 9.97 Å². The lowest BCUT2D eigenvalue weighted by molar-refractivity contribution is -0.0767. The summed E-state index contributed by atoms with van der Waals surface area (Å²) in [6.45, 7) is 9.00. The molecule has 1 fully saturated rings. The van der Waals surface area contributed by atoms with Gasteiger partial charge >= 0.3 is 0 Å².